The Kier molecular flexibility index (Phi) is 8.83. The fraction of sp³-hybridized carbons (Fsp3) is 0.667. The van der Waals surface area contributed by atoms with Crippen LogP contribution in [0.1, 0.15) is 26.3 Å². The van der Waals surface area contributed by atoms with Gasteiger partial charge in [0, 0.05) is 45.1 Å². The predicted molar refractivity (Wildman–Crippen MR) is 106 cm³/mol. The number of nitrogens with zero attached hydrogens (tertiary/aromatic N) is 1. The van der Waals surface area contributed by atoms with Gasteiger partial charge in [-0.25, -0.2) is 0 Å². The van der Waals surface area contributed by atoms with Gasteiger partial charge in [0.05, 0.1) is 8.80 Å². The van der Waals surface area contributed by atoms with Crippen molar-refractivity contribution in [2.45, 2.75) is 52.0 Å². The molecule has 0 aliphatic rings. The van der Waals surface area contributed by atoms with Crippen LogP contribution in [0.25, 0.3) is 0 Å². The molecule has 1 aromatic rings. The molecule has 0 radical (unpaired) electrons. The molecule has 0 unspecified atom stereocenters. The van der Waals surface area contributed by atoms with Crippen molar-refractivity contribution in [2.24, 2.45) is 0 Å². The molecule has 138 valence electrons. The zero-order chi connectivity index (χ0) is 18.2. The predicted octanol–water partition coefficient (Wildman–Crippen LogP) is 3.56. The van der Waals surface area contributed by atoms with E-state index < -0.39 is 17.6 Å². The average molecular weight is 370 g/mol. The zero-order valence-corrected chi connectivity index (χ0v) is 18.6. The molecule has 1 rings (SSSR count). The highest BCUT2D eigenvalue weighted by atomic mass is 28.4. The molecule has 0 saturated carbocycles. The van der Waals surface area contributed by atoms with Gasteiger partial charge in [-0.15, -0.1) is 0 Å². The molecule has 1 aromatic carbocycles. The van der Waals surface area contributed by atoms with E-state index >= 15 is 0 Å². The molecule has 6 heteroatoms. The van der Waals surface area contributed by atoms with E-state index in [0.717, 1.165) is 25.4 Å². The highest BCUT2D eigenvalue weighted by Crippen LogP contribution is 2.22. The minimum atomic E-state index is -2.57. The second-order valence-electron chi connectivity index (χ2n) is 7.62. The Balaban J connectivity index is 2.78. The molecule has 0 bridgehead atoms. The maximum atomic E-state index is 6.13. The van der Waals surface area contributed by atoms with Crippen LogP contribution in [-0.2, 0) is 19.8 Å². The van der Waals surface area contributed by atoms with Gasteiger partial charge >= 0.3 is 8.80 Å². The summed E-state index contributed by atoms with van der Waals surface area (Å²) in [6.45, 7) is 13.1. The van der Waals surface area contributed by atoms with Gasteiger partial charge in [0.2, 0.25) is 0 Å². The number of rotatable bonds is 10. The maximum Gasteiger partial charge on any atom is 0.501 e. The Bertz CT molecular complexity index is 459. The van der Waals surface area contributed by atoms with Crippen LogP contribution in [0.5, 0.6) is 0 Å². The molecule has 0 atom stereocenters. The molecule has 0 N–H and O–H groups in total. The Hall–Kier alpha value is -0.506. The molecule has 0 heterocycles. The van der Waals surface area contributed by atoms with Crippen molar-refractivity contribution >= 4 is 17.6 Å². The van der Waals surface area contributed by atoms with Crippen LogP contribution in [0.15, 0.2) is 30.3 Å². The summed E-state index contributed by atoms with van der Waals surface area (Å²) in [5, 5.41) is 0. The minimum Gasteiger partial charge on any atom is -0.377 e. The van der Waals surface area contributed by atoms with Crippen LogP contribution in [0.2, 0.25) is 19.1 Å². The number of hydrogen-bond acceptors (Lipinski definition) is 4. The third-order valence-electron chi connectivity index (χ3n) is 4.11. The topological polar surface area (TPSA) is 30.9 Å². The van der Waals surface area contributed by atoms with E-state index in [1.165, 1.54) is 5.56 Å². The van der Waals surface area contributed by atoms with E-state index in [0.29, 0.717) is 0 Å². The summed E-state index contributed by atoms with van der Waals surface area (Å²) in [5.74, 6) is 0. The third kappa shape index (κ3) is 7.17. The Labute approximate surface area is 151 Å². The Morgan fingerprint density at radius 1 is 1.04 bits per heavy atom. The molecule has 0 saturated heterocycles. The van der Waals surface area contributed by atoms with Crippen LogP contribution in [0, 0.1) is 0 Å². The van der Waals surface area contributed by atoms with E-state index in [2.05, 4.69) is 69.1 Å². The molecule has 24 heavy (non-hydrogen) atoms. The Morgan fingerprint density at radius 3 is 2.08 bits per heavy atom. The monoisotopic (exact) mass is 369 g/mol. The summed E-state index contributed by atoms with van der Waals surface area (Å²) in [6, 6.07) is 11.4. The van der Waals surface area contributed by atoms with Gasteiger partial charge in [-0.3, -0.25) is 4.90 Å². The van der Waals surface area contributed by atoms with Crippen LogP contribution in [0.4, 0.5) is 0 Å². The SMILES string of the molecule is CO[Si](CCN(Cc1ccccc1)C(C)(C)C)(OC)OC[SiH](C)C. The summed E-state index contributed by atoms with van der Waals surface area (Å²) < 4.78 is 17.6. The maximum absolute atomic E-state index is 6.13. The highest BCUT2D eigenvalue weighted by molar-refractivity contribution is 6.63. The van der Waals surface area contributed by atoms with Gasteiger partial charge in [0.1, 0.15) is 0 Å². The first-order valence-corrected chi connectivity index (χ1v) is 13.8. The van der Waals surface area contributed by atoms with Crippen molar-refractivity contribution in [3.63, 3.8) is 0 Å². The molecule has 0 aliphatic heterocycles. The van der Waals surface area contributed by atoms with Crippen molar-refractivity contribution < 1.29 is 13.3 Å². The molecular formula is C18H35NO3Si2. The molecule has 4 nitrogen and oxygen atoms in total. The van der Waals surface area contributed by atoms with E-state index in [-0.39, 0.29) is 5.54 Å². The van der Waals surface area contributed by atoms with Crippen molar-refractivity contribution in [3.05, 3.63) is 35.9 Å². The molecule has 0 fully saturated rings. The lowest BCUT2D eigenvalue weighted by molar-refractivity contribution is 0.0932. The zero-order valence-electron chi connectivity index (χ0n) is 16.5. The molecule has 0 aromatic heterocycles. The normalized spacial score (nSPS) is 13.0. The average Bonchev–Trinajstić information content (AvgIpc) is 2.54. The summed E-state index contributed by atoms with van der Waals surface area (Å²) in [7, 11) is 0.0663. The lowest BCUT2D eigenvalue weighted by Gasteiger charge is -2.38. The largest absolute Gasteiger partial charge is 0.501 e. The van der Waals surface area contributed by atoms with Crippen LogP contribution < -0.4 is 0 Å². The minimum absolute atomic E-state index is 0.0737. The summed E-state index contributed by atoms with van der Waals surface area (Å²) in [6.07, 6.45) is 0.808. The quantitative estimate of drug-likeness (QED) is 0.590. The summed E-state index contributed by atoms with van der Waals surface area (Å²) in [4.78, 5) is 2.47. The second-order valence-corrected chi connectivity index (χ2v) is 13.7. The first kappa shape index (κ1) is 21.5. The highest BCUT2D eigenvalue weighted by Gasteiger charge is 2.40. The van der Waals surface area contributed by atoms with Crippen molar-refractivity contribution in [2.75, 3.05) is 27.0 Å². The fourth-order valence-electron chi connectivity index (χ4n) is 2.50. The Morgan fingerprint density at radius 2 is 1.62 bits per heavy atom. The van der Waals surface area contributed by atoms with E-state index in [1.807, 2.05) is 0 Å². The summed E-state index contributed by atoms with van der Waals surface area (Å²) >= 11 is 0. The van der Waals surface area contributed by atoms with Gasteiger partial charge in [0.15, 0.2) is 0 Å². The number of hydrogen-bond donors (Lipinski definition) is 0. The van der Waals surface area contributed by atoms with Crippen molar-refractivity contribution in [1.29, 1.82) is 0 Å². The summed E-state index contributed by atoms with van der Waals surface area (Å²) in [5.41, 5.74) is 1.40. The number of benzene rings is 1. The van der Waals surface area contributed by atoms with E-state index in [9.17, 15) is 0 Å². The smallest absolute Gasteiger partial charge is 0.377 e. The van der Waals surface area contributed by atoms with Crippen LogP contribution in [-0.4, -0.2) is 55.0 Å². The van der Waals surface area contributed by atoms with Gasteiger partial charge in [-0.2, -0.15) is 0 Å². The van der Waals surface area contributed by atoms with Gasteiger partial charge in [0.25, 0.3) is 0 Å². The van der Waals surface area contributed by atoms with Gasteiger partial charge in [-0.1, -0.05) is 43.4 Å². The molecule has 0 spiro atoms. The molecular weight excluding hydrogens is 334 g/mol. The van der Waals surface area contributed by atoms with Crippen molar-refractivity contribution in [1.82, 2.24) is 4.90 Å². The van der Waals surface area contributed by atoms with Crippen molar-refractivity contribution in [3.8, 4) is 0 Å². The molecule has 0 amide bonds. The lowest BCUT2D eigenvalue weighted by Crippen LogP contribution is -2.50. The third-order valence-corrected chi connectivity index (χ3v) is 7.96. The lowest BCUT2D eigenvalue weighted by atomic mass is 10.0. The van der Waals surface area contributed by atoms with Crippen LogP contribution in [0.3, 0.4) is 0 Å². The van der Waals surface area contributed by atoms with Crippen LogP contribution >= 0.6 is 0 Å². The second kappa shape index (κ2) is 9.84. The molecule has 0 aliphatic carbocycles. The fourth-order valence-corrected chi connectivity index (χ4v) is 6.35. The standard InChI is InChI=1S/C18H35NO3Si2/c1-18(2,3)19(15-17-11-9-8-10-12-17)13-14-24(20-4,21-5)22-16-23(6)7/h8-12,23H,13-16H2,1-7H3. The first-order chi connectivity index (χ1) is 11.2. The van der Waals surface area contributed by atoms with Gasteiger partial charge in [-0.05, 0) is 26.3 Å². The first-order valence-electron chi connectivity index (χ1n) is 8.75. The van der Waals surface area contributed by atoms with E-state index in [1.54, 1.807) is 14.2 Å². The van der Waals surface area contributed by atoms with Gasteiger partial charge < -0.3 is 13.3 Å². The van der Waals surface area contributed by atoms with E-state index in [4.69, 9.17) is 13.3 Å².